The lowest BCUT2D eigenvalue weighted by Crippen LogP contribution is -2.12. The fourth-order valence-corrected chi connectivity index (χ4v) is 4.10. The zero-order valence-electron chi connectivity index (χ0n) is 11.4. The molecule has 0 bridgehead atoms. The predicted octanol–water partition coefficient (Wildman–Crippen LogP) is 3.11. The lowest BCUT2D eigenvalue weighted by molar-refractivity contribution is 0.602. The number of nitrogens with one attached hydrogen (secondary N) is 2. The Bertz CT molecular complexity index is 1130. The van der Waals surface area contributed by atoms with Gasteiger partial charge in [0.1, 0.15) is 21.7 Å². The van der Waals surface area contributed by atoms with Gasteiger partial charge in [0, 0.05) is 17.1 Å². The Balaban J connectivity index is 1.76. The minimum atomic E-state index is -3.81. The lowest BCUT2D eigenvalue weighted by Gasteiger charge is -2.07. The molecule has 0 saturated carbocycles. The van der Waals surface area contributed by atoms with Crippen LogP contribution >= 0.6 is 11.7 Å². The van der Waals surface area contributed by atoms with Crippen molar-refractivity contribution >= 4 is 49.4 Å². The summed E-state index contributed by atoms with van der Waals surface area (Å²) < 4.78 is 49.0. The van der Waals surface area contributed by atoms with Gasteiger partial charge < -0.3 is 4.98 Å². The molecule has 4 aromatic rings. The number of hydrogen-bond acceptors (Lipinski definition) is 5. The molecular formula is C14H9FN4O2S2. The summed E-state index contributed by atoms with van der Waals surface area (Å²) in [4.78, 5) is 2.83. The molecule has 2 heterocycles. The molecule has 2 aromatic heterocycles. The van der Waals surface area contributed by atoms with Crippen LogP contribution in [-0.4, -0.2) is 22.1 Å². The number of hydrogen-bond donors (Lipinski definition) is 2. The highest BCUT2D eigenvalue weighted by Crippen LogP contribution is 2.26. The van der Waals surface area contributed by atoms with Crippen molar-refractivity contribution in [3.05, 3.63) is 48.4 Å². The van der Waals surface area contributed by atoms with Crippen LogP contribution in [0.3, 0.4) is 0 Å². The molecular weight excluding hydrogens is 339 g/mol. The molecule has 23 heavy (non-hydrogen) atoms. The van der Waals surface area contributed by atoms with Crippen molar-refractivity contribution < 1.29 is 12.8 Å². The molecule has 0 unspecified atom stereocenters. The summed E-state index contributed by atoms with van der Waals surface area (Å²) in [5.74, 6) is -0.433. The number of fused-ring (bicyclic) bond motifs is 2. The maximum atomic E-state index is 13.2. The molecule has 0 amide bonds. The third-order valence-electron chi connectivity index (χ3n) is 3.40. The van der Waals surface area contributed by atoms with Crippen molar-refractivity contribution in [1.29, 1.82) is 0 Å². The summed E-state index contributed by atoms with van der Waals surface area (Å²) in [5, 5.41) is 0.426. The Morgan fingerprint density at radius 2 is 1.91 bits per heavy atom. The van der Waals surface area contributed by atoms with E-state index in [0.29, 0.717) is 27.6 Å². The van der Waals surface area contributed by atoms with Gasteiger partial charge in [0.2, 0.25) is 0 Å². The molecule has 4 rings (SSSR count). The molecule has 0 fully saturated rings. The van der Waals surface area contributed by atoms with Crippen LogP contribution < -0.4 is 4.72 Å². The first-order valence-electron chi connectivity index (χ1n) is 6.55. The van der Waals surface area contributed by atoms with Crippen molar-refractivity contribution in [2.75, 3.05) is 4.72 Å². The first-order valence-corrected chi connectivity index (χ1v) is 8.76. The fourth-order valence-electron chi connectivity index (χ4n) is 2.35. The van der Waals surface area contributed by atoms with Gasteiger partial charge in [0.15, 0.2) is 0 Å². The van der Waals surface area contributed by atoms with Crippen LogP contribution in [0.1, 0.15) is 0 Å². The minimum absolute atomic E-state index is 0.0593. The van der Waals surface area contributed by atoms with E-state index < -0.39 is 15.8 Å². The highest BCUT2D eigenvalue weighted by molar-refractivity contribution is 7.93. The standard InChI is InChI=1S/C14H9FN4O2S2/c15-8-1-3-10-12(5-8)16-7-14(10)23(20,21)19-9-2-4-11-13(6-9)18-22-17-11/h1-7,16,19H. The first-order chi connectivity index (χ1) is 11.0. The van der Waals surface area contributed by atoms with E-state index in [4.69, 9.17) is 0 Å². The van der Waals surface area contributed by atoms with Gasteiger partial charge in [0.25, 0.3) is 10.0 Å². The molecule has 0 radical (unpaired) electrons. The number of sulfonamides is 1. The number of rotatable bonds is 3. The van der Waals surface area contributed by atoms with Crippen LogP contribution in [0.25, 0.3) is 21.9 Å². The molecule has 2 aromatic carbocycles. The van der Waals surface area contributed by atoms with Gasteiger partial charge >= 0.3 is 0 Å². The molecule has 0 atom stereocenters. The second-order valence-electron chi connectivity index (χ2n) is 4.92. The molecule has 0 spiro atoms. The van der Waals surface area contributed by atoms with E-state index >= 15 is 0 Å². The second kappa shape index (κ2) is 5.00. The van der Waals surface area contributed by atoms with Crippen LogP contribution in [0, 0.1) is 5.82 Å². The topological polar surface area (TPSA) is 87.7 Å². The summed E-state index contributed by atoms with van der Waals surface area (Å²) in [6.07, 6.45) is 1.34. The van der Waals surface area contributed by atoms with Crippen molar-refractivity contribution in [1.82, 2.24) is 13.7 Å². The SMILES string of the molecule is O=S(=O)(Nc1ccc2nsnc2c1)c1c[nH]c2cc(F)ccc12. The Morgan fingerprint density at radius 1 is 1.09 bits per heavy atom. The van der Waals surface area contributed by atoms with Crippen molar-refractivity contribution in [3.63, 3.8) is 0 Å². The Labute approximate surface area is 134 Å². The van der Waals surface area contributed by atoms with E-state index in [1.54, 1.807) is 18.2 Å². The third-order valence-corrected chi connectivity index (χ3v) is 5.38. The number of aromatic nitrogens is 3. The highest BCUT2D eigenvalue weighted by Gasteiger charge is 2.19. The number of benzene rings is 2. The van der Waals surface area contributed by atoms with Gasteiger partial charge in [-0.3, -0.25) is 4.72 Å². The summed E-state index contributed by atoms with van der Waals surface area (Å²) in [6, 6.07) is 8.84. The molecule has 0 saturated heterocycles. The fraction of sp³-hybridized carbons (Fsp3) is 0. The molecule has 0 aliphatic carbocycles. The van der Waals surface area contributed by atoms with Crippen LogP contribution in [0.4, 0.5) is 10.1 Å². The average molecular weight is 348 g/mol. The Morgan fingerprint density at radius 3 is 2.78 bits per heavy atom. The Hall–Kier alpha value is -2.52. The van der Waals surface area contributed by atoms with Crippen molar-refractivity contribution in [2.24, 2.45) is 0 Å². The number of nitrogens with zero attached hydrogens (tertiary/aromatic N) is 2. The maximum Gasteiger partial charge on any atom is 0.264 e. The van der Waals surface area contributed by atoms with Crippen LogP contribution in [0.15, 0.2) is 47.5 Å². The van der Waals surface area contributed by atoms with E-state index in [-0.39, 0.29) is 4.90 Å². The van der Waals surface area contributed by atoms with E-state index in [9.17, 15) is 12.8 Å². The van der Waals surface area contributed by atoms with Gasteiger partial charge in [-0.25, -0.2) is 12.8 Å². The predicted molar refractivity (Wildman–Crippen MR) is 86.5 cm³/mol. The van der Waals surface area contributed by atoms with Gasteiger partial charge in [-0.1, -0.05) is 0 Å². The van der Waals surface area contributed by atoms with E-state index in [0.717, 1.165) is 11.7 Å². The van der Waals surface area contributed by atoms with Gasteiger partial charge in [-0.2, -0.15) is 8.75 Å². The summed E-state index contributed by atoms with van der Waals surface area (Å²) in [6.45, 7) is 0. The van der Waals surface area contributed by atoms with E-state index in [1.165, 1.54) is 24.4 Å². The average Bonchev–Trinajstić information content (AvgIpc) is 3.12. The zero-order valence-corrected chi connectivity index (χ0v) is 13.1. The van der Waals surface area contributed by atoms with Crippen LogP contribution in [0.5, 0.6) is 0 Å². The molecule has 2 N–H and O–H groups in total. The number of H-pyrrole nitrogens is 1. The molecule has 116 valence electrons. The van der Waals surface area contributed by atoms with Gasteiger partial charge in [-0.15, -0.1) is 0 Å². The molecule has 6 nitrogen and oxygen atoms in total. The van der Waals surface area contributed by atoms with Crippen molar-refractivity contribution in [2.45, 2.75) is 4.90 Å². The van der Waals surface area contributed by atoms with E-state index in [2.05, 4.69) is 18.5 Å². The quantitative estimate of drug-likeness (QED) is 0.595. The third kappa shape index (κ3) is 2.43. The maximum absolute atomic E-state index is 13.2. The summed E-state index contributed by atoms with van der Waals surface area (Å²) in [7, 11) is -3.81. The van der Waals surface area contributed by atoms with Gasteiger partial charge in [0.05, 0.1) is 17.4 Å². The Kier molecular flexibility index (Phi) is 3.06. The number of anilines is 1. The van der Waals surface area contributed by atoms with Crippen molar-refractivity contribution in [3.8, 4) is 0 Å². The monoisotopic (exact) mass is 348 g/mol. The smallest absolute Gasteiger partial charge is 0.264 e. The zero-order chi connectivity index (χ0) is 16.0. The lowest BCUT2D eigenvalue weighted by atomic mass is 10.2. The number of halogens is 1. The normalized spacial score (nSPS) is 12.0. The molecule has 9 heteroatoms. The van der Waals surface area contributed by atoms with Gasteiger partial charge in [-0.05, 0) is 36.4 Å². The molecule has 0 aliphatic rings. The van der Waals surface area contributed by atoms with Crippen LogP contribution in [0.2, 0.25) is 0 Å². The van der Waals surface area contributed by atoms with E-state index in [1.807, 2.05) is 0 Å². The number of aromatic amines is 1. The largest absolute Gasteiger partial charge is 0.360 e. The first kappa shape index (κ1) is 14.1. The second-order valence-corrected chi connectivity index (χ2v) is 7.10. The summed E-state index contributed by atoms with van der Waals surface area (Å²) >= 11 is 1.06. The minimum Gasteiger partial charge on any atom is -0.360 e. The molecule has 0 aliphatic heterocycles. The highest BCUT2D eigenvalue weighted by atomic mass is 32.2. The van der Waals surface area contributed by atoms with Crippen LogP contribution in [-0.2, 0) is 10.0 Å². The summed E-state index contributed by atoms with van der Waals surface area (Å²) in [5.41, 5.74) is 2.14.